The van der Waals surface area contributed by atoms with Gasteiger partial charge in [0, 0.05) is 21.5 Å². The van der Waals surface area contributed by atoms with E-state index in [4.69, 9.17) is 8.83 Å². The van der Waals surface area contributed by atoms with E-state index in [9.17, 15) is 0 Å². The van der Waals surface area contributed by atoms with Crippen molar-refractivity contribution in [3.63, 3.8) is 0 Å². The molecule has 0 atom stereocenters. The molecule has 2 aromatic heterocycles. The van der Waals surface area contributed by atoms with Crippen LogP contribution in [0.3, 0.4) is 0 Å². The van der Waals surface area contributed by atoms with Crippen LogP contribution in [0.1, 0.15) is 0 Å². The summed E-state index contributed by atoms with van der Waals surface area (Å²) < 4.78 is 12.9. The van der Waals surface area contributed by atoms with Crippen LogP contribution in [-0.4, -0.2) is 0 Å². The van der Waals surface area contributed by atoms with Crippen molar-refractivity contribution in [3.05, 3.63) is 182 Å². The van der Waals surface area contributed by atoms with E-state index in [2.05, 4.69) is 176 Å². The molecule has 0 bridgehead atoms. The van der Waals surface area contributed by atoms with Gasteiger partial charge in [-0.25, -0.2) is 0 Å². The number of rotatable bonds is 5. The van der Waals surface area contributed by atoms with Crippen molar-refractivity contribution < 1.29 is 8.83 Å². The molecule has 0 fully saturated rings. The zero-order chi connectivity index (χ0) is 33.0. The van der Waals surface area contributed by atoms with Gasteiger partial charge in [-0.1, -0.05) is 127 Å². The Morgan fingerprint density at radius 3 is 0.940 bits per heavy atom. The molecule has 2 heterocycles. The Morgan fingerprint density at radius 2 is 0.540 bits per heavy atom. The van der Waals surface area contributed by atoms with Gasteiger partial charge in [0.15, 0.2) is 11.2 Å². The summed E-state index contributed by atoms with van der Waals surface area (Å²) in [6.07, 6.45) is 0. The van der Waals surface area contributed by atoms with Gasteiger partial charge in [-0.05, 0) is 110 Å². The lowest BCUT2D eigenvalue weighted by molar-refractivity contribution is 0.633. The van der Waals surface area contributed by atoms with Crippen LogP contribution in [0.2, 0.25) is 0 Å². The predicted octanol–water partition coefficient (Wildman–Crippen LogP) is 13.8. The summed E-state index contributed by atoms with van der Waals surface area (Å²) in [5.74, 6) is 0. The maximum absolute atomic E-state index is 6.48. The highest BCUT2D eigenvalue weighted by molar-refractivity contribution is 6.19. The lowest BCUT2D eigenvalue weighted by Gasteiger charge is -2.12. The van der Waals surface area contributed by atoms with Gasteiger partial charge in [-0.3, -0.25) is 0 Å². The van der Waals surface area contributed by atoms with Gasteiger partial charge in [-0.15, -0.1) is 0 Å². The van der Waals surface area contributed by atoms with Crippen molar-refractivity contribution in [3.8, 4) is 55.6 Å². The third-order valence-corrected chi connectivity index (χ3v) is 9.88. The smallest absolute Gasteiger partial charge is 0.178 e. The molecule has 10 aromatic rings. The minimum atomic E-state index is 0.787. The van der Waals surface area contributed by atoms with Gasteiger partial charge < -0.3 is 8.83 Å². The largest absolute Gasteiger partial charge is 0.452 e. The van der Waals surface area contributed by atoms with Gasteiger partial charge >= 0.3 is 0 Å². The van der Waals surface area contributed by atoms with E-state index in [1.807, 2.05) is 6.07 Å². The Kier molecular flexibility index (Phi) is 6.53. The van der Waals surface area contributed by atoms with Crippen LogP contribution in [0.25, 0.3) is 99.5 Å². The monoisotopic (exact) mass is 638 g/mol. The van der Waals surface area contributed by atoms with E-state index in [0.29, 0.717) is 0 Å². The number of hydrogen-bond donors (Lipinski definition) is 0. The molecule has 0 spiro atoms. The normalized spacial score (nSPS) is 11.6. The topological polar surface area (TPSA) is 26.3 Å². The molecule has 0 saturated carbocycles. The van der Waals surface area contributed by atoms with Crippen LogP contribution in [0.4, 0.5) is 0 Å². The molecule has 8 aromatic carbocycles. The zero-order valence-electron chi connectivity index (χ0n) is 27.1. The standard InChI is InChI=1S/C48H30O2/c1-4-10-31(11-5-1)36-20-24-45-43(29-36)41-22-23-42-44-30-37(21-25-46(44)50-48(42)47(41)49-45)34-16-18-35(19-17-34)40-27-38(32-12-6-2-7-13-32)26-39(28-40)33-14-8-3-9-15-33/h1-30H. The third kappa shape index (κ3) is 4.81. The molecule has 0 saturated heterocycles. The molecule has 0 aliphatic heterocycles. The van der Waals surface area contributed by atoms with Crippen molar-refractivity contribution in [1.29, 1.82) is 0 Å². The highest BCUT2D eigenvalue weighted by atomic mass is 16.4. The van der Waals surface area contributed by atoms with Crippen molar-refractivity contribution >= 4 is 43.9 Å². The van der Waals surface area contributed by atoms with Gasteiger partial charge in [0.2, 0.25) is 0 Å². The fourth-order valence-electron chi connectivity index (χ4n) is 7.30. The van der Waals surface area contributed by atoms with Gasteiger partial charge in [0.25, 0.3) is 0 Å². The summed E-state index contributed by atoms with van der Waals surface area (Å²) in [5.41, 5.74) is 15.2. The number of furan rings is 2. The molecular formula is C48H30O2. The minimum absolute atomic E-state index is 0.787. The van der Waals surface area contributed by atoms with Crippen molar-refractivity contribution in [2.24, 2.45) is 0 Å². The summed E-state index contributed by atoms with van der Waals surface area (Å²) in [5, 5.41) is 4.29. The maximum Gasteiger partial charge on any atom is 0.178 e. The first-order chi connectivity index (χ1) is 24.7. The molecule has 0 radical (unpaired) electrons. The molecule has 0 aliphatic carbocycles. The predicted molar refractivity (Wildman–Crippen MR) is 208 cm³/mol. The second-order valence-corrected chi connectivity index (χ2v) is 12.9. The van der Waals surface area contributed by atoms with Crippen LogP contribution in [0, 0.1) is 0 Å². The number of hydrogen-bond acceptors (Lipinski definition) is 2. The molecule has 0 amide bonds. The van der Waals surface area contributed by atoms with Gasteiger partial charge in [0.1, 0.15) is 11.2 Å². The molecule has 234 valence electrons. The summed E-state index contributed by atoms with van der Waals surface area (Å²) in [6, 6.07) is 64.6. The summed E-state index contributed by atoms with van der Waals surface area (Å²) in [6.45, 7) is 0. The highest BCUT2D eigenvalue weighted by Gasteiger charge is 2.17. The Bertz CT molecular complexity index is 2770. The molecule has 10 rings (SSSR count). The average molecular weight is 639 g/mol. The molecule has 0 aliphatic rings. The average Bonchev–Trinajstić information content (AvgIpc) is 3.77. The SMILES string of the molecule is c1ccc(-c2cc(-c3ccccc3)cc(-c3ccc(-c4ccc5oc6c(ccc7c8cc(-c9ccccc9)ccc8oc76)c5c4)cc3)c2)cc1. The van der Waals surface area contributed by atoms with E-state index in [-0.39, 0.29) is 0 Å². The fraction of sp³-hybridized carbons (Fsp3) is 0. The van der Waals surface area contributed by atoms with Crippen LogP contribution < -0.4 is 0 Å². The Balaban J connectivity index is 1.03. The van der Waals surface area contributed by atoms with E-state index in [1.54, 1.807) is 0 Å². The minimum Gasteiger partial charge on any atom is -0.452 e. The second kappa shape index (κ2) is 11.5. The van der Waals surface area contributed by atoms with Crippen molar-refractivity contribution in [2.75, 3.05) is 0 Å². The van der Waals surface area contributed by atoms with E-state index in [1.165, 1.54) is 44.5 Å². The second-order valence-electron chi connectivity index (χ2n) is 12.9. The molecule has 2 nitrogen and oxygen atoms in total. The number of fused-ring (bicyclic) bond motifs is 7. The lowest BCUT2D eigenvalue weighted by Crippen LogP contribution is -1.86. The van der Waals surface area contributed by atoms with E-state index in [0.717, 1.165) is 55.0 Å². The van der Waals surface area contributed by atoms with Crippen molar-refractivity contribution in [2.45, 2.75) is 0 Å². The van der Waals surface area contributed by atoms with Crippen molar-refractivity contribution in [1.82, 2.24) is 0 Å². The number of benzene rings is 8. The molecule has 0 N–H and O–H groups in total. The first-order valence-corrected chi connectivity index (χ1v) is 17.0. The molecule has 0 unspecified atom stereocenters. The summed E-state index contributed by atoms with van der Waals surface area (Å²) in [7, 11) is 0. The van der Waals surface area contributed by atoms with Crippen LogP contribution in [0.15, 0.2) is 191 Å². The molecule has 50 heavy (non-hydrogen) atoms. The third-order valence-electron chi connectivity index (χ3n) is 9.88. The van der Waals surface area contributed by atoms with Crippen LogP contribution in [-0.2, 0) is 0 Å². The fourth-order valence-corrected chi connectivity index (χ4v) is 7.30. The van der Waals surface area contributed by atoms with Gasteiger partial charge in [-0.2, -0.15) is 0 Å². The Morgan fingerprint density at radius 1 is 0.220 bits per heavy atom. The van der Waals surface area contributed by atoms with E-state index < -0.39 is 0 Å². The Labute approximate surface area is 289 Å². The van der Waals surface area contributed by atoms with Gasteiger partial charge in [0.05, 0.1) is 0 Å². The molecular weight excluding hydrogens is 609 g/mol. The summed E-state index contributed by atoms with van der Waals surface area (Å²) in [4.78, 5) is 0. The maximum atomic E-state index is 6.48. The highest BCUT2D eigenvalue weighted by Crippen LogP contribution is 2.41. The van der Waals surface area contributed by atoms with Crippen LogP contribution >= 0.6 is 0 Å². The summed E-state index contributed by atoms with van der Waals surface area (Å²) >= 11 is 0. The van der Waals surface area contributed by atoms with E-state index >= 15 is 0 Å². The Hall–Kier alpha value is -6.64. The molecule has 2 heteroatoms. The quantitative estimate of drug-likeness (QED) is 0.187. The zero-order valence-corrected chi connectivity index (χ0v) is 27.1. The first kappa shape index (κ1) is 28.4. The van der Waals surface area contributed by atoms with Crippen LogP contribution in [0.5, 0.6) is 0 Å². The first-order valence-electron chi connectivity index (χ1n) is 17.0. The lowest BCUT2D eigenvalue weighted by atomic mass is 9.92.